The third-order valence-electron chi connectivity index (χ3n) is 5.38. The lowest BCUT2D eigenvalue weighted by molar-refractivity contribution is -0.170. The highest BCUT2D eigenvalue weighted by molar-refractivity contribution is 5.93. The minimum absolute atomic E-state index is 0.0275. The van der Waals surface area contributed by atoms with Crippen LogP contribution in [0.5, 0.6) is 0 Å². The van der Waals surface area contributed by atoms with E-state index in [1.807, 2.05) is 9.80 Å². The standard InChI is InChI=1S/C18H23N3O3/c22-16-12-24-18(13-21(16)11-14-3-4-14)5-8-20(9-6-18)17(23)15-2-1-7-19-10-15/h1-2,7,10,14H,3-6,8-9,11-13H2. The van der Waals surface area contributed by atoms with Crippen molar-refractivity contribution in [3.05, 3.63) is 30.1 Å². The van der Waals surface area contributed by atoms with Crippen LogP contribution in [0.1, 0.15) is 36.0 Å². The number of piperidine rings is 1. The molecule has 1 aromatic rings. The largest absolute Gasteiger partial charge is 0.363 e. The number of hydrogen-bond acceptors (Lipinski definition) is 4. The minimum atomic E-state index is -0.269. The molecule has 0 unspecified atom stereocenters. The highest BCUT2D eigenvalue weighted by atomic mass is 16.5. The number of carbonyl (C=O) groups is 2. The van der Waals surface area contributed by atoms with Gasteiger partial charge in [-0.05, 0) is 43.7 Å². The molecule has 2 aliphatic heterocycles. The molecular formula is C18H23N3O3. The molecule has 4 rings (SSSR count). The zero-order chi connectivity index (χ0) is 16.6. The number of ether oxygens (including phenoxy) is 1. The zero-order valence-corrected chi connectivity index (χ0v) is 13.8. The lowest BCUT2D eigenvalue weighted by Gasteiger charge is -2.47. The van der Waals surface area contributed by atoms with Crippen LogP contribution in [0, 0.1) is 5.92 Å². The second-order valence-corrected chi connectivity index (χ2v) is 7.22. The van der Waals surface area contributed by atoms with Crippen LogP contribution in [0.25, 0.3) is 0 Å². The molecule has 3 aliphatic rings. The first kappa shape index (κ1) is 15.6. The van der Waals surface area contributed by atoms with E-state index < -0.39 is 0 Å². The molecule has 1 spiro atoms. The second kappa shape index (κ2) is 6.16. The van der Waals surface area contributed by atoms with Crippen molar-refractivity contribution in [1.29, 1.82) is 0 Å². The van der Waals surface area contributed by atoms with Crippen LogP contribution in [0.15, 0.2) is 24.5 Å². The zero-order valence-electron chi connectivity index (χ0n) is 13.8. The normalized spacial score (nSPS) is 23.6. The Kier molecular flexibility index (Phi) is 4.00. The van der Waals surface area contributed by atoms with Crippen molar-refractivity contribution < 1.29 is 14.3 Å². The summed E-state index contributed by atoms with van der Waals surface area (Å²) in [5.41, 5.74) is 0.359. The van der Waals surface area contributed by atoms with Gasteiger partial charge in [0.1, 0.15) is 6.61 Å². The first-order valence-electron chi connectivity index (χ1n) is 8.76. The summed E-state index contributed by atoms with van der Waals surface area (Å²) in [5.74, 6) is 0.831. The Hall–Kier alpha value is -1.95. The van der Waals surface area contributed by atoms with E-state index in [2.05, 4.69) is 4.98 Å². The number of pyridine rings is 1. The summed E-state index contributed by atoms with van der Waals surface area (Å²) in [6.45, 7) is 3.07. The van der Waals surface area contributed by atoms with E-state index in [1.165, 1.54) is 12.8 Å². The molecule has 3 heterocycles. The van der Waals surface area contributed by atoms with Gasteiger partial charge in [0.15, 0.2) is 0 Å². The molecule has 0 N–H and O–H groups in total. The molecule has 3 fully saturated rings. The predicted molar refractivity (Wildman–Crippen MR) is 87.4 cm³/mol. The smallest absolute Gasteiger partial charge is 0.255 e. The molecule has 24 heavy (non-hydrogen) atoms. The molecule has 2 saturated heterocycles. The summed E-state index contributed by atoms with van der Waals surface area (Å²) in [4.78, 5) is 32.5. The van der Waals surface area contributed by atoms with E-state index in [0.717, 1.165) is 19.4 Å². The van der Waals surface area contributed by atoms with Crippen molar-refractivity contribution in [2.24, 2.45) is 5.92 Å². The van der Waals surface area contributed by atoms with E-state index in [4.69, 9.17) is 4.74 Å². The van der Waals surface area contributed by atoms with E-state index in [1.54, 1.807) is 24.5 Å². The van der Waals surface area contributed by atoms with Crippen LogP contribution in [0.3, 0.4) is 0 Å². The van der Waals surface area contributed by atoms with Crippen molar-refractivity contribution in [2.75, 3.05) is 32.8 Å². The molecular weight excluding hydrogens is 306 g/mol. The Morgan fingerprint density at radius 2 is 2.12 bits per heavy atom. The van der Waals surface area contributed by atoms with Gasteiger partial charge in [0.05, 0.1) is 11.2 Å². The fourth-order valence-electron chi connectivity index (χ4n) is 3.66. The fourth-order valence-corrected chi connectivity index (χ4v) is 3.66. The van der Waals surface area contributed by atoms with E-state index in [0.29, 0.717) is 31.1 Å². The topological polar surface area (TPSA) is 62.7 Å². The summed E-state index contributed by atoms with van der Waals surface area (Å²) in [6, 6.07) is 3.58. The fraction of sp³-hybridized carbons (Fsp3) is 0.611. The van der Waals surface area contributed by atoms with Gasteiger partial charge in [0, 0.05) is 38.6 Å². The summed E-state index contributed by atoms with van der Waals surface area (Å²) < 4.78 is 5.94. The van der Waals surface area contributed by atoms with Crippen LogP contribution in [0.4, 0.5) is 0 Å². The first-order chi connectivity index (χ1) is 11.7. The highest BCUT2D eigenvalue weighted by Crippen LogP contribution is 2.35. The lowest BCUT2D eigenvalue weighted by Crippen LogP contribution is -2.59. The van der Waals surface area contributed by atoms with E-state index >= 15 is 0 Å². The Bertz CT molecular complexity index is 622. The van der Waals surface area contributed by atoms with Crippen molar-refractivity contribution in [3.63, 3.8) is 0 Å². The second-order valence-electron chi connectivity index (χ2n) is 7.22. The predicted octanol–water partition coefficient (Wildman–Crippen LogP) is 1.33. The van der Waals surface area contributed by atoms with Gasteiger partial charge in [-0.2, -0.15) is 0 Å². The average molecular weight is 329 g/mol. The quantitative estimate of drug-likeness (QED) is 0.839. The number of likely N-dealkylation sites (tertiary alicyclic amines) is 1. The summed E-state index contributed by atoms with van der Waals surface area (Å²) in [7, 11) is 0. The number of amides is 2. The molecule has 0 bridgehead atoms. The van der Waals surface area contributed by atoms with Crippen molar-refractivity contribution in [3.8, 4) is 0 Å². The van der Waals surface area contributed by atoms with Gasteiger partial charge in [-0.25, -0.2) is 0 Å². The number of nitrogens with zero attached hydrogens (tertiary/aromatic N) is 3. The molecule has 0 atom stereocenters. The minimum Gasteiger partial charge on any atom is -0.363 e. The molecule has 0 aromatic carbocycles. The SMILES string of the molecule is O=C1COC2(CCN(C(=O)c3cccnc3)CC2)CN1CC1CC1. The third-order valence-corrected chi connectivity index (χ3v) is 5.38. The molecule has 2 amide bonds. The molecule has 1 saturated carbocycles. The number of morpholine rings is 1. The van der Waals surface area contributed by atoms with Crippen molar-refractivity contribution >= 4 is 11.8 Å². The van der Waals surface area contributed by atoms with E-state index in [-0.39, 0.29) is 24.0 Å². The summed E-state index contributed by atoms with van der Waals surface area (Å²) in [5, 5.41) is 0. The van der Waals surface area contributed by atoms with Crippen LogP contribution < -0.4 is 0 Å². The third kappa shape index (κ3) is 3.15. The van der Waals surface area contributed by atoms with Crippen molar-refractivity contribution in [1.82, 2.24) is 14.8 Å². The lowest BCUT2D eigenvalue weighted by atomic mass is 9.89. The molecule has 1 aliphatic carbocycles. The van der Waals surface area contributed by atoms with Gasteiger partial charge in [-0.3, -0.25) is 14.6 Å². The van der Waals surface area contributed by atoms with Gasteiger partial charge < -0.3 is 14.5 Å². The Morgan fingerprint density at radius 1 is 1.33 bits per heavy atom. The molecule has 128 valence electrons. The maximum absolute atomic E-state index is 12.5. The number of aromatic nitrogens is 1. The highest BCUT2D eigenvalue weighted by Gasteiger charge is 2.44. The molecule has 6 heteroatoms. The molecule has 6 nitrogen and oxygen atoms in total. The van der Waals surface area contributed by atoms with Gasteiger partial charge in [0.2, 0.25) is 5.91 Å². The summed E-state index contributed by atoms with van der Waals surface area (Å²) in [6.07, 6.45) is 7.33. The van der Waals surface area contributed by atoms with Crippen LogP contribution in [-0.4, -0.2) is 65.0 Å². The summed E-state index contributed by atoms with van der Waals surface area (Å²) >= 11 is 0. The average Bonchev–Trinajstić information content (AvgIpc) is 3.43. The maximum atomic E-state index is 12.5. The van der Waals surface area contributed by atoms with Gasteiger partial charge in [-0.1, -0.05) is 0 Å². The maximum Gasteiger partial charge on any atom is 0.255 e. The van der Waals surface area contributed by atoms with Gasteiger partial charge >= 0.3 is 0 Å². The molecule has 0 radical (unpaired) electrons. The molecule has 1 aromatic heterocycles. The van der Waals surface area contributed by atoms with Crippen LogP contribution in [0.2, 0.25) is 0 Å². The van der Waals surface area contributed by atoms with Gasteiger partial charge in [0.25, 0.3) is 5.91 Å². The van der Waals surface area contributed by atoms with Gasteiger partial charge in [-0.15, -0.1) is 0 Å². The Balaban J connectivity index is 1.38. The monoisotopic (exact) mass is 329 g/mol. The van der Waals surface area contributed by atoms with Crippen LogP contribution >= 0.6 is 0 Å². The Morgan fingerprint density at radius 3 is 2.79 bits per heavy atom. The first-order valence-corrected chi connectivity index (χ1v) is 8.76. The number of carbonyl (C=O) groups excluding carboxylic acids is 2. The Labute approximate surface area is 141 Å². The van der Waals surface area contributed by atoms with E-state index in [9.17, 15) is 9.59 Å². The number of hydrogen-bond donors (Lipinski definition) is 0. The van der Waals surface area contributed by atoms with Crippen molar-refractivity contribution in [2.45, 2.75) is 31.3 Å². The van der Waals surface area contributed by atoms with Crippen LogP contribution in [-0.2, 0) is 9.53 Å². The number of rotatable bonds is 3.